The van der Waals surface area contributed by atoms with Crippen molar-refractivity contribution in [3.63, 3.8) is 0 Å². The first-order chi connectivity index (χ1) is 9.41. The summed E-state index contributed by atoms with van der Waals surface area (Å²) >= 11 is 5.77. The summed E-state index contributed by atoms with van der Waals surface area (Å²) in [5.74, 6) is -0.286. The first kappa shape index (κ1) is 15.7. The quantitative estimate of drug-likeness (QED) is 0.928. The van der Waals surface area contributed by atoms with E-state index in [1.54, 1.807) is 12.1 Å². The Bertz CT molecular complexity index is 461. The molecule has 1 unspecified atom stereocenters. The van der Waals surface area contributed by atoms with Crippen LogP contribution in [0, 0.1) is 5.82 Å². The molecular weight excluding hydrogens is 279 g/mol. The lowest BCUT2D eigenvalue weighted by atomic mass is 9.87. The van der Waals surface area contributed by atoms with Crippen molar-refractivity contribution < 1.29 is 9.13 Å². The molecule has 1 aliphatic heterocycles. The summed E-state index contributed by atoms with van der Waals surface area (Å²) in [7, 11) is 0. The van der Waals surface area contributed by atoms with E-state index in [1.165, 1.54) is 6.07 Å². The van der Waals surface area contributed by atoms with Crippen LogP contribution in [-0.4, -0.2) is 42.8 Å². The Morgan fingerprint density at radius 1 is 1.40 bits per heavy atom. The van der Waals surface area contributed by atoms with Crippen LogP contribution in [0.2, 0.25) is 5.02 Å². The van der Waals surface area contributed by atoms with Crippen LogP contribution in [0.1, 0.15) is 19.4 Å². The van der Waals surface area contributed by atoms with Crippen LogP contribution in [0.25, 0.3) is 0 Å². The molecule has 2 N–H and O–H groups in total. The highest BCUT2D eigenvalue weighted by molar-refractivity contribution is 6.30. The van der Waals surface area contributed by atoms with Crippen molar-refractivity contribution in [2.75, 3.05) is 26.3 Å². The van der Waals surface area contributed by atoms with Crippen molar-refractivity contribution in [3.8, 4) is 0 Å². The molecule has 20 heavy (non-hydrogen) atoms. The third kappa shape index (κ3) is 3.50. The SMILES string of the molecule is CC(C)(C(N)Cc1ccc(Cl)cc1F)N1CCOCC1. The van der Waals surface area contributed by atoms with Gasteiger partial charge in [-0.1, -0.05) is 17.7 Å². The zero-order valence-electron chi connectivity index (χ0n) is 12.0. The molecule has 1 aromatic rings. The van der Waals surface area contributed by atoms with Gasteiger partial charge >= 0.3 is 0 Å². The third-order valence-corrected chi connectivity index (χ3v) is 4.42. The van der Waals surface area contributed by atoms with Gasteiger partial charge in [-0.15, -0.1) is 0 Å². The highest BCUT2D eigenvalue weighted by Gasteiger charge is 2.34. The Hall–Kier alpha value is -0.680. The van der Waals surface area contributed by atoms with Crippen LogP contribution in [0.3, 0.4) is 0 Å². The van der Waals surface area contributed by atoms with Crippen molar-refractivity contribution in [2.24, 2.45) is 5.73 Å². The normalized spacial score (nSPS) is 19.1. The summed E-state index contributed by atoms with van der Waals surface area (Å²) < 4.78 is 19.2. The number of hydrogen-bond donors (Lipinski definition) is 1. The van der Waals surface area contributed by atoms with Gasteiger partial charge in [0.25, 0.3) is 0 Å². The van der Waals surface area contributed by atoms with Crippen LogP contribution < -0.4 is 5.73 Å². The number of hydrogen-bond acceptors (Lipinski definition) is 3. The molecule has 0 radical (unpaired) electrons. The zero-order chi connectivity index (χ0) is 14.8. The molecule has 0 bridgehead atoms. The summed E-state index contributed by atoms with van der Waals surface area (Å²) in [6.07, 6.45) is 0.493. The first-order valence-electron chi connectivity index (χ1n) is 6.93. The second kappa shape index (κ2) is 6.39. The van der Waals surface area contributed by atoms with Gasteiger partial charge in [0.1, 0.15) is 5.82 Å². The summed E-state index contributed by atoms with van der Waals surface area (Å²) in [5, 5.41) is 0.410. The molecule has 3 nitrogen and oxygen atoms in total. The van der Waals surface area contributed by atoms with Gasteiger partial charge in [0.05, 0.1) is 13.2 Å². The smallest absolute Gasteiger partial charge is 0.127 e. The highest BCUT2D eigenvalue weighted by Crippen LogP contribution is 2.23. The van der Waals surface area contributed by atoms with E-state index in [-0.39, 0.29) is 17.4 Å². The van der Waals surface area contributed by atoms with E-state index in [0.717, 1.165) is 26.3 Å². The number of morpholine rings is 1. The van der Waals surface area contributed by atoms with Gasteiger partial charge in [-0.2, -0.15) is 0 Å². The largest absolute Gasteiger partial charge is 0.379 e. The summed E-state index contributed by atoms with van der Waals surface area (Å²) in [4.78, 5) is 2.31. The van der Waals surface area contributed by atoms with E-state index >= 15 is 0 Å². The van der Waals surface area contributed by atoms with Crippen LogP contribution in [-0.2, 0) is 11.2 Å². The van der Waals surface area contributed by atoms with Crippen molar-refractivity contribution in [1.29, 1.82) is 0 Å². The summed E-state index contributed by atoms with van der Waals surface area (Å²) in [6.45, 7) is 7.40. The van der Waals surface area contributed by atoms with Gasteiger partial charge in [0.15, 0.2) is 0 Å². The van der Waals surface area contributed by atoms with Gasteiger partial charge < -0.3 is 10.5 Å². The molecule has 0 aromatic heterocycles. The van der Waals surface area contributed by atoms with Crippen molar-refractivity contribution in [2.45, 2.75) is 31.8 Å². The molecule has 112 valence electrons. The fourth-order valence-electron chi connectivity index (χ4n) is 2.55. The molecule has 1 fully saturated rings. The second-order valence-corrected chi connectivity index (χ2v) is 6.24. The van der Waals surface area contributed by atoms with Gasteiger partial charge in [0.2, 0.25) is 0 Å². The Morgan fingerprint density at radius 2 is 2.05 bits per heavy atom. The molecule has 1 saturated heterocycles. The van der Waals surface area contributed by atoms with E-state index in [2.05, 4.69) is 18.7 Å². The number of halogens is 2. The average Bonchev–Trinajstić information content (AvgIpc) is 2.42. The minimum absolute atomic E-state index is 0.156. The maximum Gasteiger partial charge on any atom is 0.127 e. The van der Waals surface area contributed by atoms with E-state index in [9.17, 15) is 4.39 Å². The molecule has 2 rings (SSSR count). The predicted molar refractivity (Wildman–Crippen MR) is 79.6 cm³/mol. The molecular formula is C15H22ClFN2O. The number of rotatable bonds is 4. The molecule has 1 aliphatic rings. The van der Waals surface area contributed by atoms with E-state index < -0.39 is 0 Å². The Kier molecular flexibility index (Phi) is 5.02. The van der Waals surface area contributed by atoms with E-state index in [4.69, 9.17) is 22.1 Å². The lowest BCUT2D eigenvalue weighted by molar-refractivity contribution is -0.0186. The van der Waals surface area contributed by atoms with E-state index in [0.29, 0.717) is 17.0 Å². The number of benzene rings is 1. The van der Waals surface area contributed by atoms with Crippen molar-refractivity contribution >= 4 is 11.6 Å². The van der Waals surface area contributed by atoms with Gasteiger partial charge in [-0.3, -0.25) is 4.90 Å². The van der Waals surface area contributed by atoms with Gasteiger partial charge in [-0.05, 0) is 38.0 Å². The molecule has 5 heteroatoms. The minimum Gasteiger partial charge on any atom is -0.379 e. The third-order valence-electron chi connectivity index (χ3n) is 4.19. The number of ether oxygens (including phenoxy) is 1. The van der Waals surface area contributed by atoms with Crippen molar-refractivity contribution in [3.05, 3.63) is 34.6 Å². The van der Waals surface area contributed by atoms with Crippen LogP contribution >= 0.6 is 11.6 Å². The zero-order valence-corrected chi connectivity index (χ0v) is 12.8. The van der Waals surface area contributed by atoms with Crippen LogP contribution in [0.4, 0.5) is 4.39 Å². The Balaban J connectivity index is 2.07. The Morgan fingerprint density at radius 3 is 2.65 bits per heavy atom. The average molecular weight is 301 g/mol. The highest BCUT2D eigenvalue weighted by atomic mass is 35.5. The fraction of sp³-hybridized carbons (Fsp3) is 0.600. The molecule has 0 amide bonds. The standard InChI is InChI=1S/C15H22ClFN2O/c1-15(2,19-5-7-20-8-6-19)14(18)9-11-3-4-12(16)10-13(11)17/h3-4,10,14H,5-9,18H2,1-2H3. The summed E-state index contributed by atoms with van der Waals surface area (Å²) in [5.41, 5.74) is 6.75. The van der Waals surface area contributed by atoms with Crippen LogP contribution in [0.5, 0.6) is 0 Å². The van der Waals surface area contributed by atoms with Gasteiger partial charge in [-0.25, -0.2) is 4.39 Å². The minimum atomic E-state index is -0.286. The molecule has 0 saturated carbocycles. The predicted octanol–water partition coefficient (Wildman–Crippen LogP) is 2.46. The topological polar surface area (TPSA) is 38.5 Å². The first-order valence-corrected chi connectivity index (χ1v) is 7.31. The van der Waals surface area contributed by atoms with Gasteiger partial charge in [0, 0.05) is 29.7 Å². The van der Waals surface area contributed by atoms with Crippen LogP contribution in [0.15, 0.2) is 18.2 Å². The molecule has 1 heterocycles. The lowest BCUT2D eigenvalue weighted by Gasteiger charge is -2.44. The lowest BCUT2D eigenvalue weighted by Crippen LogP contribution is -2.59. The monoisotopic (exact) mass is 300 g/mol. The number of nitrogens with zero attached hydrogens (tertiary/aromatic N) is 1. The van der Waals surface area contributed by atoms with Crippen molar-refractivity contribution in [1.82, 2.24) is 4.90 Å². The summed E-state index contributed by atoms with van der Waals surface area (Å²) in [6, 6.07) is 4.60. The molecule has 1 atom stereocenters. The number of nitrogens with two attached hydrogens (primary N) is 1. The maximum absolute atomic E-state index is 13.9. The van der Waals surface area contributed by atoms with E-state index in [1.807, 2.05) is 0 Å². The fourth-order valence-corrected chi connectivity index (χ4v) is 2.71. The molecule has 0 spiro atoms. The second-order valence-electron chi connectivity index (χ2n) is 5.80. The maximum atomic E-state index is 13.9. The Labute approximate surface area is 124 Å². The molecule has 0 aliphatic carbocycles. The molecule has 1 aromatic carbocycles.